The first kappa shape index (κ1) is 11.2. The SMILES string of the molecule is NC1CCN(c2cc(C(F)F)ncn2)CC1. The molecule has 1 aliphatic rings. The Kier molecular flexibility index (Phi) is 3.28. The van der Waals surface area contributed by atoms with Crippen molar-refractivity contribution < 1.29 is 8.78 Å². The highest BCUT2D eigenvalue weighted by Gasteiger charge is 2.18. The minimum atomic E-state index is -2.55. The number of piperidine rings is 1. The number of rotatable bonds is 2. The molecule has 1 aliphatic heterocycles. The van der Waals surface area contributed by atoms with Crippen LogP contribution < -0.4 is 10.6 Å². The van der Waals surface area contributed by atoms with Gasteiger partial charge in [-0.2, -0.15) is 0 Å². The number of nitrogens with zero attached hydrogens (tertiary/aromatic N) is 3. The molecule has 0 aliphatic carbocycles. The molecule has 1 aromatic rings. The second-order valence-electron chi connectivity index (χ2n) is 3.93. The summed E-state index contributed by atoms with van der Waals surface area (Å²) in [6, 6.07) is 1.56. The van der Waals surface area contributed by atoms with Gasteiger partial charge < -0.3 is 10.6 Å². The van der Waals surface area contributed by atoms with Gasteiger partial charge in [-0.25, -0.2) is 18.7 Å². The molecule has 6 heteroatoms. The summed E-state index contributed by atoms with van der Waals surface area (Å²) >= 11 is 0. The van der Waals surface area contributed by atoms with E-state index in [1.165, 1.54) is 12.4 Å². The number of alkyl halides is 2. The third-order valence-corrected chi connectivity index (χ3v) is 2.76. The zero-order valence-electron chi connectivity index (χ0n) is 8.81. The Bertz CT molecular complexity index is 350. The van der Waals surface area contributed by atoms with Crippen LogP contribution in [0.4, 0.5) is 14.6 Å². The topological polar surface area (TPSA) is 55.0 Å². The molecule has 0 bridgehead atoms. The van der Waals surface area contributed by atoms with Crippen LogP contribution in [0.5, 0.6) is 0 Å². The largest absolute Gasteiger partial charge is 0.356 e. The molecular formula is C10H14F2N4. The maximum absolute atomic E-state index is 12.4. The standard InChI is InChI=1S/C10H14F2N4/c11-10(12)8-5-9(15-6-14-8)16-3-1-7(13)2-4-16/h5-7,10H,1-4,13H2. The Morgan fingerprint density at radius 1 is 1.31 bits per heavy atom. The molecule has 0 amide bonds. The smallest absolute Gasteiger partial charge is 0.280 e. The lowest BCUT2D eigenvalue weighted by molar-refractivity contribution is 0.146. The molecule has 0 unspecified atom stereocenters. The first-order valence-corrected chi connectivity index (χ1v) is 5.27. The monoisotopic (exact) mass is 228 g/mol. The predicted molar refractivity (Wildman–Crippen MR) is 56.4 cm³/mol. The summed E-state index contributed by atoms with van der Waals surface area (Å²) in [4.78, 5) is 9.52. The fourth-order valence-corrected chi connectivity index (χ4v) is 1.78. The van der Waals surface area contributed by atoms with Gasteiger partial charge in [0.15, 0.2) is 0 Å². The molecule has 88 valence electrons. The predicted octanol–water partition coefficient (Wildman–Crippen LogP) is 1.34. The minimum Gasteiger partial charge on any atom is -0.356 e. The van der Waals surface area contributed by atoms with Crippen LogP contribution in [-0.4, -0.2) is 29.1 Å². The average Bonchev–Trinajstić information content (AvgIpc) is 2.30. The van der Waals surface area contributed by atoms with Crippen molar-refractivity contribution in [2.75, 3.05) is 18.0 Å². The van der Waals surface area contributed by atoms with E-state index in [1.807, 2.05) is 4.90 Å². The molecule has 0 spiro atoms. The molecular weight excluding hydrogens is 214 g/mol. The Balaban J connectivity index is 2.11. The number of halogens is 2. The third kappa shape index (κ3) is 2.44. The molecule has 0 atom stereocenters. The van der Waals surface area contributed by atoms with Gasteiger partial charge >= 0.3 is 0 Å². The lowest BCUT2D eigenvalue weighted by Gasteiger charge is -2.31. The molecule has 16 heavy (non-hydrogen) atoms. The Morgan fingerprint density at radius 3 is 2.62 bits per heavy atom. The molecule has 0 radical (unpaired) electrons. The van der Waals surface area contributed by atoms with Gasteiger partial charge in [0.1, 0.15) is 17.8 Å². The van der Waals surface area contributed by atoms with E-state index in [9.17, 15) is 8.78 Å². The summed E-state index contributed by atoms with van der Waals surface area (Å²) in [6.45, 7) is 1.53. The number of hydrogen-bond acceptors (Lipinski definition) is 4. The highest BCUT2D eigenvalue weighted by Crippen LogP contribution is 2.21. The van der Waals surface area contributed by atoms with E-state index in [1.54, 1.807) is 0 Å². The van der Waals surface area contributed by atoms with Gasteiger partial charge in [-0.15, -0.1) is 0 Å². The van der Waals surface area contributed by atoms with Gasteiger partial charge in [-0.3, -0.25) is 0 Å². The Labute approximate surface area is 92.5 Å². The lowest BCUT2D eigenvalue weighted by Crippen LogP contribution is -2.40. The summed E-state index contributed by atoms with van der Waals surface area (Å²) in [5.41, 5.74) is 5.55. The molecule has 1 aromatic heterocycles. The minimum absolute atomic E-state index is 0.215. The number of anilines is 1. The lowest BCUT2D eigenvalue weighted by atomic mass is 10.1. The summed E-state index contributed by atoms with van der Waals surface area (Å²) in [5.74, 6) is 0.567. The molecule has 4 nitrogen and oxygen atoms in total. The Hall–Kier alpha value is -1.30. The summed E-state index contributed by atoms with van der Waals surface area (Å²) < 4.78 is 24.9. The van der Waals surface area contributed by atoms with Crippen LogP contribution in [0.3, 0.4) is 0 Å². The van der Waals surface area contributed by atoms with Gasteiger partial charge in [-0.05, 0) is 12.8 Å². The summed E-state index contributed by atoms with van der Waals surface area (Å²) in [6.07, 6.45) is 0.377. The third-order valence-electron chi connectivity index (χ3n) is 2.76. The highest BCUT2D eigenvalue weighted by molar-refractivity contribution is 5.39. The molecule has 1 saturated heterocycles. The van der Waals surface area contributed by atoms with E-state index < -0.39 is 6.43 Å². The van der Waals surface area contributed by atoms with Gasteiger partial charge in [0.05, 0.1) is 0 Å². The molecule has 0 saturated carbocycles. The van der Waals surface area contributed by atoms with Crippen LogP contribution in [0, 0.1) is 0 Å². The van der Waals surface area contributed by atoms with Crippen molar-refractivity contribution in [3.05, 3.63) is 18.1 Å². The highest BCUT2D eigenvalue weighted by atomic mass is 19.3. The van der Waals surface area contributed by atoms with Crippen molar-refractivity contribution in [1.82, 2.24) is 9.97 Å². The van der Waals surface area contributed by atoms with Gasteiger partial charge in [0.2, 0.25) is 0 Å². The van der Waals surface area contributed by atoms with Crippen molar-refractivity contribution >= 4 is 5.82 Å². The summed E-state index contributed by atoms with van der Waals surface area (Å²) in [7, 11) is 0. The van der Waals surface area contributed by atoms with Crippen LogP contribution in [0.15, 0.2) is 12.4 Å². The fraction of sp³-hybridized carbons (Fsp3) is 0.600. The molecule has 1 fully saturated rings. The molecule has 2 N–H and O–H groups in total. The van der Waals surface area contributed by atoms with E-state index in [2.05, 4.69) is 9.97 Å². The Morgan fingerprint density at radius 2 is 2.00 bits per heavy atom. The maximum atomic E-state index is 12.4. The average molecular weight is 228 g/mol. The van der Waals surface area contributed by atoms with Crippen LogP contribution in [0.25, 0.3) is 0 Å². The van der Waals surface area contributed by atoms with E-state index in [0.29, 0.717) is 5.82 Å². The maximum Gasteiger partial charge on any atom is 0.280 e. The molecule has 2 rings (SSSR count). The first-order chi connectivity index (χ1) is 7.66. The first-order valence-electron chi connectivity index (χ1n) is 5.27. The quantitative estimate of drug-likeness (QED) is 0.830. The zero-order valence-corrected chi connectivity index (χ0v) is 8.81. The second-order valence-corrected chi connectivity index (χ2v) is 3.93. The number of nitrogens with two attached hydrogens (primary N) is 1. The number of hydrogen-bond donors (Lipinski definition) is 1. The van der Waals surface area contributed by atoms with Gasteiger partial charge in [-0.1, -0.05) is 0 Å². The normalized spacial score (nSPS) is 18.1. The molecule has 0 aromatic carbocycles. The fourth-order valence-electron chi connectivity index (χ4n) is 1.78. The van der Waals surface area contributed by atoms with E-state index in [0.717, 1.165) is 25.9 Å². The van der Waals surface area contributed by atoms with E-state index >= 15 is 0 Å². The van der Waals surface area contributed by atoms with Gasteiger partial charge in [0.25, 0.3) is 6.43 Å². The van der Waals surface area contributed by atoms with Crippen molar-refractivity contribution in [3.63, 3.8) is 0 Å². The summed E-state index contributed by atoms with van der Waals surface area (Å²) in [5, 5.41) is 0. The van der Waals surface area contributed by atoms with Crippen LogP contribution in [0.1, 0.15) is 25.0 Å². The van der Waals surface area contributed by atoms with E-state index in [-0.39, 0.29) is 11.7 Å². The second kappa shape index (κ2) is 4.69. The van der Waals surface area contributed by atoms with Crippen LogP contribution >= 0.6 is 0 Å². The van der Waals surface area contributed by atoms with Crippen LogP contribution in [0.2, 0.25) is 0 Å². The molecule has 2 heterocycles. The van der Waals surface area contributed by atoms with Gasteiger partial charge in [0, 0.05) is 25.2 Å². The van der Waals surface area contributed by atoms with Crippen molar-refractivity contribution in [3.8, 4) is 0 Å². The van der Waals surface area contributed by atoms with E-state index in [4.69, 9.17) is 5.73 Å². The number of aromatic nitrogens is 2. The zero-order chi connectivity index (χ0) is 11.5. The van der Waals surface area contributed by atoms with Crippen molar-refractivity contribution in [1.29, 1.82) is 0 Å². The van der Waals surface area contributed by atoms with Crippen molar-refractivity contribution in [2.24, 2.45) is 5.73 Å². The van der Waals surface area contributed by atoms with Crippen LogP contribution in [-0.2, 0) is 0 Å². The van der Waals surface area contributed by atoms with Crippen molar-refractivity contribution in [2.45, 2.75) is 25.3 Å².